The fourth-order valence-corrected chi connectivity index (χ4v) is 5.41. The molecule has 2 unspecified atom stereocenters. The number of rotatable bonds is 9. The molecule has 7 nitrogen and oxygen atoms in total. The zero-order valence-electron chi connectivity index (χ0n) is 19.7. The molecule has 0 saturated heterocycles. The van der Waals surface area contributed by atoms with Crippen molar-refractivity contribution in [3.05, 3.63) is 48.0 Å². The first-order chi connectivity index (χ1) is 16.5. The van der Waals surface area contributed by atoms with Gasteiger partial charge in [0.2, 0.25) is 5.91 Å². The zero-order valence-corrected chi connectivity index (χ0v) is 19.7. The van der Waals surface area contributed by atoms with Gasteiger partial charge in [-0.1, -0.05) is 49.9 Å². The number of hydrogen-bond donors (Lipinski definition) is 2. The van der Waals surface area contributed by atoms with Crippen LogP contribution in [0.5, 0.6) is 0 Å². The van der Waals surface area contributed by atoms with Gasteiger partial charge in [-0.2, -0.15) is 0 Å². The second kappa shape index (κ2) is 11.1. The Balaban J connectivity index is 1.32. The fraction of sp³-hybridized carbons (Fsp3) is 0.577. The van der Waals surface area contributed by atoms with Gasteiger partial charge in [0.15, 0.2) is 5.82 Å². The van der Waals surface area contributed by atoms with Crippen LogP contribution < -0.4 is 10.6 Å². The monoisotopic (exact) mass is 471 g/mol. The number of aromatic nitrogens is 1. The van der Waals surface area contributed by atoms with Gasteiger partial charge in [-0.15, -0.1) is 0 Å². The van der Waals surface area contributed by atoms with E-state index >= 15 is 0 Å². The minimum absolute atomic E-state index is 0.137. The van der Waals surface area contributed by atoms with Crippen LogP contribution in [-0.4, -0.2) is 36.2 Å². The van der Waals surface area contributed by atoms with Gasteiger partial charge < -0.3 is 19.9 Å². The van der Waals surface area contributed by atoms with Crippen molar-refractivity contribution in [3.8, 4) is 0 Å². The summed E-state index contributed by atoms with van der Waals surface area (Å²) >= 11 is 0. The van der Waals surface area contributed by atoms with Crippen molar-refractivity contribution in [2.24, 2.45) is 11.8 Å². The van der Waals surface area contributed by atoms with Crippen LogP contribution in [0.25, 0.3) is 0 Å². The zero-order chi connectivity index (χ0) is 24.0. The molecule has 2 aromatic rings. The Kier molecular flexibility index (Phi) is 7.98. The molecule has 2 N–H and O–H groups in total. The van der Waals surface area contributed by atoms with E-state index < -0.39 is 5.41 Å². The Morgan fingerprint density at radius 1 is 1.21 bits per heavy atom. The Labute approximate surface area is 199 Å². The van der Waals surface area contributed by atoms with Crippen molar-refractivity contribution in [2.75, 3.05) is 18.4 Å². The van der Waals surface area contributed by atoms with Gasteiger partial charge in [-0.3, -0.25) is 9.59 Å². The highest BCUT2D eigenvalue weighted by Gasteiger charge is 2.47. The third-order valence-electron chi connectivity index (χ3n) is 7.44. The molecule has 2 aliphatic carbocycles. The Morgan fingerprint density at radius 3 is 2.68 bits per heavy atom. The molecule has 0 spiro atoms. The number of hydrogen-bond acceptors (Lipinski definition) is 6. The first-order valence-electron chi connectivity index (χ1n) is 12.4. The molecule has 2 aliphatic rings. The van der Waals surface area contributed by atoms with Crippen LogP contribution in [0.1, 0.15) is 63.9 Å². The molecular formula is C26H34FN3O4. The molecule has 34 heavy (non-hydrogen) atoms. The maximum atomic E-state index is 14.0. The lowest BCUT2D eigenvalue weighted by atomic mass is 9.69. The summed E-state index contributed by atoms with van der Waals surface area (Å²) in [5, 5.41) is 9.45. The van der Waals surface area contributed by atoms with Crippen molar-refractivity contribution >= 4 is 17.7 Å². The first kappa shape index (κ1) is 24.4. The first-order valence-corrected chi connectivity index (χ1v) is 12.4. The SMILES string of the molecule is CC1C[C@H](OC(=O)C2(c3cccc(F)c3)CCCCCC2)C1CCNCC(=O)Nc1ccon1. The Bertz CT molecular complexity index is 957. The summed E-state index contributed by atoms with van der Waals surface area (Å²) in [6.45, 7) is 2.98. The summed E-state index contributed by atoms with van der Waals surface area (Å²) in [7, 11) is 0. The lowest BCUT2D eigenvalue weighted by Crippen LogP contribution is -2.48. The highest BCUT2D eigenvalue weighted by molar-refractivity contribution is 5.91. The van der Waals surface area contributed by atoms with Gasteiger partial charge in [0.1, 0.15) is 18.2 Å². The lowest BCUT2D eigenvalue weighted by molar-refractivity contribution is -0.171. The van der Waals surface area contributed by atoms with Gasteiger partial charge in [0.05, 0.1) is 12.0 Å². The van der Waals surface area contributed by atoms with E-state index in [-0.39, 0.29) is 36.3 Å². The molecule has 0 aliphatic heterocycles. The Morgan fingerprint density at radius 2 is 2.00 bits per heavy atom. The van der Waals surface area contributed by atoms with Gasteiger partial charge >= 0.3 is 5.97 Å². The highest BCUT2D eigenvalue weighted by atomic mass is 19.1. The molecule has 0 radical (unpaired) electrons. The molecule has 2 saturated carbocycles. The van der Waals surface area contributed by atoms with Crippen LogP contribution in [0, 0.1) is 17.7 Å². The summed E-state index contributed by atoms with van der Waals surface area (Å²) in [5.74, 6) is 0.360. The molecule has 8 heteroatoms. The van der Waals surface area contributed by atoms with E-state index in [0.717, 1.165) is 44.1 Å². The average Bonchev–Trinajstić information content (AvgIpc) is 3.19. The quantitative estimate of drug-likeness (QED) is 0.316. The van der Waals surface area contributed by atoms with Gasteiger partial charge in [-0.05, 0) is 61.8 Å². The smallest absolute Gasteiger partial charge is 0.316 e. The molecule has 0 bridgehead atoms. The van der Waals surface area contributed by atoms with Crippen LogP contribution in [0.3, 0.4) is 0 Å². The number of amides is 1. The number of carbonyl (C=O) groups is 2. The van der Waals surface area contributed by atoms with E-state index in [0.29, 0.717) is 31.1 Å². The fourth-order valence-electron chi connectivity index (χ4n) is 5.41. The van der Waals surface area contributed by atoms with Gasteiger partial charge in [0, 0.05) is 6.07 Å². The maximum Gasteiger partial charge on any atom is 0.316 e. The minimum atomic E-state index is -0.764. The number of benzene rings is 1. The van der Waals surface area contributed by atoms with Crippen LogP contribution >= 0.6 is 0 Å². The third-order valence-corrected chi connectivity index (χ3v) is 7.44. The molecule has 1 aromatic carbocycles. The summed E-state index contributed by atoms with van der Waals surface area (Å²) in [6.07, 6.45) is 8.36. The third kappa shape index (κ3) is 5.66. The summed E-state index contributed by atoms with van der Waals surface area (Å²) < 4.78 is 24.9. The van der Waals surface area contributed by atoms with E-state index in [9.17, 15) is 14.0 Å². The van der Waals surface area contributed by atoms with Crippen molar-refractivity contribution in [2.45, 2.75) is 69.8 Å². The molecule has 1 amide bonds. The molecule has 1 aromatic heterocycles. The van der Waals surface area contributed by atoms with E-state index in [1.807, 2.05) is 6.07 Å². The standard InChI is InChI=1S/C26H34FN3O4/c1-18-15-22(21(18)9-13-28-17-24(31)29-23-10-14-33-30-23)34-25(32)26(11-4-2-3-5-12-26)19-7-6-8-20(27)16-19/h6-8,10,14,16,18,21-22,28H,2-5,9,11-13,15,17H2,1H3,(H,29,30,31)/t18?,21?,22-/m0/s1. The number of halogens is 1. The molecular weight excluding hydrogens is 437 g/mol. The van der Waals surface area contributed by atoms with Gasteiger partial charge in [-0.25, -0.2) is 4.39 Å². The van der Waals surface area contributed by atoms with E-state index in [1.165, 1.54) is 18.4 Å². The van der Waals surface area contributed by atoms with Gasteiger partial charge in [0.25, 0.3) is 0 Å². The predicted molar refractivity (Wildman–Crippen MR) is 126 cm³/mol. The van der Waals surface area contributed by atoms with Crippen molar-refractivity contribution in [3.63, 3.8) is 0 Å². The summed E-state index contributed by atoms with van der Waals surface area (Å²) in [6, 6.07) is 8.05. The van der Waals surface area contributed by atoms with Crippen LogP contribution in [0.15, 0.2) is 41.1 Å². The van der Waals surface area contributed by atoms with E-state index in [2.05, 4.69) is 22.7 Å². The van der Waals surface area contributed by atoms with Crippen molar-refractivity contribution < 1.29 is 23.2 Å². The second-order valence-electron chi connectivity index (χ2n) is 9.73. The van der Waals surface area contributed by atoms with Crippen LogP contribution in [-0.2, 0) is 19.7 Å². The van der Waals surface area contributed by atoms with E-state index in [4.69, 9.17) is 9.26 Å². The predicted octanol–water partition coefficient (Wildman–Crippen LogP) is 4.59. The van der Waals surface area contributed by atoms with Crippen molar-refractivity contribution in [1.82, 2.24) is 10.5 Å². The molecule has 4 rings (SSSR count). The number of esters is 1. The maximum absolute atomic E-state index is 14.0. The topological polar surface area (TPSA) is 93.5 Å². The van der Waals surface area contributed by atoms with Crippen molar-refractivity contribution in [1.29, 1.82) is 0 Å². The van der Waals surface area contributed by atoms with Crippen LogP contribution in [0.2, 0.25) is 0 Å². The molecule has 2 fully saturated rings. The largest absolute Gasteiger partial charge is 0.461 e. The lowest BCUT2D eigenvalue weighted by Gasteiger charge is -2.44. The molecule has 184 valence electrons. The second-order valence-corrected chi connectivity index (χ2v) is 9.73. The Hall–Kier alpha value is -2.74. The number of anilines is 1. The van der Waals surface area contributed by atoms with Crippen LogP contribution in [0.4, 0.5) is 10.2 Å². The summed E-state index contributed by atoms with van der Waals surface area (Å²) in [5.41, 5.74) is -0.0255. The minimum Gasteiger partial charge on any atom is -0.461 e. The number of nitrogens with zero attached hydrogens (tertiary/aromatic N) is 1. The highest BCUT2D eigenvalue weighted by Crippen LogP contribution is 2.44. The normalized spacial score (nSPS) is 24.0. The van der Waals surface area contributed by atoms with E-state index in [1.54, 1.807) is 12.1 Å². The summed E-state index contributed by atoms with van der Waals surface area (Å²) in [4.78, 5) is 25.5. The molecule has 1 heterocycles. The average molecular weight is 472 g/mol. The number of carbonyl (C=O) groups excluding carboxylic acids is 2. The molecule has 3 atom stereocenters. The number of ether oxygens (including phenoxy) is 1. The number of nitrogens with one attached hydrogen (secondary N) is 2.